The normalized spacial score (nSPS) is 10.1. The van der Waals surface area contributed by atoms with Gasteiger partial charge in [0.1, 0.15) is 0 Å². The summed E-state index contributed by atoms with van der Waals surface area (Å²) >= 11 is 0. The van der Waals surface area contributed by atoms with Crippen LogP contribution < -0.4 is 5.32 Å². The van der Waals surface area contributed by atoms with Crippen LogP contribution in [0.1, 0.15) is 58.3 Å². The van der Waals surface area contributed by atoms with Crippen molar-refractivity contribution in [2.75, 3.05) is 6.54 Å². The summed E-state index contributed by atoms with van der Waals surface area (Å²) in [5, 5.41) is 11.3. The van der Waals surface area contributed by atoms with Crippen LogP contribution in [0.2, 0.25) is 0 Å². The van der Waals surface area contributed by atoms with E-state index < -0.39 is 5.97 Å². The Hall–Kier alpha value is -1.06. The smallest absolute Gasteiger partial charge is 0.303 e. The van der Waals surface area contributed by atoms with E-state index in [2.05, 4.69) is 12.2 Å². The van der Waals surface area contributed by atoms with E-state index in [9.17, 15) is 9.59 Å². The minimum absolute atomic E-state index is 0.132. The second kappa shape index (κ2) is 10.5. The molecule has 0 rings (SSSR count). The van der Waals surface area contributed by atoms with Crippen LogP contribution in [0.15, 0.2) is 0 Å². The summed E-state index contributed by atoms with van der Waals surface area (Å²) in [6.07, 6.45) is 6.46. The summed E-state index contributed by atoms with van der Waals surface area (Å²) in [6.45, 7) is 2.78. The van der Waals surface area contributed by atoms with Gasteiger partial charge in [-0.2, -0.15) is 0 Å². The summed E-state index contributed by atoms with van der Waals surface area (Å²) < 4.78 is 0. The molecule has 16 heavy (non-hydrogen) atoms. The molecule has 0 aliphatic rings. The highest BCUT2D eigenvalue weighted by Gasteiger charge is 1.99. The number of carboxylic acid groups (broad SMARTS) is 1. The Morgan fingerprint density at radius 1 is 1.00 bits per heavy atom. The number of carbonyl (C=O) groups excluding carboxylic acids is 1. The second-order valence-corrected chi connectivity index (χ2v) is 4.01. The van der Waals surface area contributed by atoms with Crippen molar-refractivity contribution in [1.82, 2.24) is 5.32 Å². The minimum Gasteiger partial charge on any atom is -0.481 e. The Morgan fingerprint density at radius 2 is 1.69 bits per heavy atom. The lowest BCUT2D eigenvalue weighted by molar-refractivity contribution is -0.137. The number of carbonyl (C=O) groups is 2. The van der Waals surface area contributed by atoms with Gasteiger partial charge in [0.05, 0.1) is 0 Å². The third-order valence-electron chi connectivity index (χ3n) is 2.40. The highest BCUT2D eigenvalue weighted by Crippen LogP contribution is 2.02. The molecule has 1 amide bonds. The maximum atomic E-state index is 11.2. The van der Waals surface area contributed by atoms with Gasteiger partial charge in [-0.05, 0) is 19.3 Å². The Kier molecular flexibility index (Phi) is 9.76. The molecule has 0 bridgehead atoms. The third-order valence-corrected chi connectivity index (χ3v) is 2.40. The van der Waals surface area contributed by atoms with Gasteiger partial charge in [-0.15, -0.1) is 0 Å². The first-order valence-corrected chi connectivity index (χ1v) is 6.15. The molecule has 2 N–H and O–H groups in total. The monoisotopic (exact) mass is 229 g/mol. The maximum absolute atomic E-state index is 11.2. The second-order valence-electron chi connectivity index (χ2n) is 4.01. The Morgan fingerprint density at radius 3 is 2.31 bits per heavy atom. The predicted octanol–water partition coefficient (Wildman–Crippen LogP) is 2.33. The van der Waals surface area contributed by atoms with Crippen LogP contribution in [0.3, 0.4) is 0 Å². The van der Waals surface area contributed by atoms with Crippen molar-refractivity contribution in [3.63, 3.8) is 0 Å². The van der Waals surface area contributed by atoms with Crippen molar-refractivity contribution in [2.24, 2.45) is 0 Å². The SMILES string of the molecule is CCCCC(=O)NCCCCCCC(=O)O. The molecule has 0 unspecified atom stereocenters. The number of unbranched alkanes of at least 4 members (excludes halogenated alkanes) is 4. The fourth-order valence-corrected chi connectivity index (χ4v) is 1.41. The molecule has 0 aromatic carbocycles. The van der Waals surface area contributed by atoms with Gasteiger partial charge < -0.3 is 10.4 Å². The summed E-state index contributed by atoms with van der Waals surface area (Å²) in [5.74, 6) is -0.597. The molecular weight excluding hydrogens is 206 g/mol. The van der Waals surface area contributed by atoms with E-state index >= 15 is 0 Å². The molecule has 0 fully saturated rings. The first-order chi connectivity index (χ1) is 7.66. The quantitative estimate of drug-likeness (QED) is 0.565. The Labute approximate surface area is 97.4 Å². The van der Waals surface area contributed by atoms with Gasteiger partial charge in [-0.3, -0.25) is 9.59 Å². The van der Waals surface area contributed by atoms with Crippen molar-refractivity contribution < 1.29 is 14.7 Å². The molecule has 0 aromatic rings. The summed E-state index contributed by atoms with van der Waals surface area (Å²) in [6, 6.07) is 0. The van der Waals surface area contributed by atoms with Gasteiger partial charge in [0.25, 0.3) is 0 Å². The van der Waals surface area contributed by atoms with Gasteiger partial charge >= 0.3 is 5.97 Å². The molecule has 4 heteroatoms. The fraction of sp³-hybridized carbons (Fsp3) is 0.833. The van der Waals surface area contributed by atoms with Crippen LogP contribution in [0.5, 0.6) is 0 Å². The Balaban J connectivity index is 3.14. The number of aliphatic carboxylic acids is 1. The van der Waals surface area contributed by atoms with Crippen molar-refractivity contribution in [2.45, 2.75) is 58.3 Å². The minimum atomic E-state index is -0.729. The lowest BCUT2D eigenvalue weighted by Gasteiger charge is -2.04. The molecule has 0 aromatic heterocycles. The van der Waals surface area contributed by atoms with E-state index in [0.717, 1.165) is 45.1 Å². The zero-order chi connectivity index (χ0) is 12.2. The van der Waals surface area contributed by atoms with Crippen molar-refractivity contribution >= 4 is 11.9 Å². The lowest BCUT2D eigenvalue weighted by atomic mass is 10.1. The first-order valence-electron chi connectivity index (χ1n) is 6.15. The van der Waals surface area contributed by atoms with E-state index in [1.807, 2.05) is 0 Å². The van der Waals surface area contributed by atoms with Crippen LogP contribution in [0, 0.1) is 0 Å². The molecule has 0 saturated heterocycles. The molecular formula is C12H23NO3. The zero-order valence-electron chi connectivity index (χ0n) is 10.1. The van der Waals surface area contributed by atoms with E-state index in [-0.39, 0.29) is 12.3 Å². The van der Waals surface area contributed by atoms with Crippen molar-refractivity contribution in [3.05, 3.63) is 0 Å². The fourth-order valence-electron chi connectivity index (χ4n) is 1.41. The first kappa shape index (κ1) is 14.9. The molecule has 94 valence electrons. The molecule has 0 spiro atoms. The number of amides is 1. The number of rotatable bonds is 10. The molecule has 0 aliphatic carbocycles. The number of nitrogens with one attached hydrogen (secondary N) is 1. The summed E-state index contributed by atoms with van der Waals surface area (Å²) in [5.41, 5.74) is 0. The maximum Gasteiger partial charge on any atom is 0.303 e. The van der Waals surface area contributed by atoms with Crippen LogP contribution in [-0.4, -0.2) is 23.5 Å². The summed E-state index contributed by atoms with van der Waals surface area (Å²) in [7, 11) is 0. The average Bonchev–Trinajstić information content (AvgIpc) is 2.24. The van der Waals surface area contributed by atoms with Crippen molar-refractivity contribution in [1.29, 1.82) is 0 Å². The van der Waals surface area contributed by atoms with Gasteiger partial charge in [0.2, 0.25) is 5.91 Å². The van der Waals surface area contributed by atoms with E-state index in [1.165, 1.54) is 0 Å². The van der Waals surface area contributed by atoms with Gasteiger partial charge in [-0.1, -0.05) is 26.2 Å². The Bertz CT molecular complexity index is 204. The third kappa shape index (κ3) is 11.0. The molecule has 0 atom stereocenters. The van der Waals surface area contributed by atoms with Gasteiger partial charge in [0.15, 0.2) is 0 Å². The van der Waals surface area contributed by atoms with Crippen LogP contribution in [-0.2, 0) is 9.59 Å². The van der Waals surface area contributed by atoms with Crippen LogP contribution in [0.25, 0.3) is 0 Å². The zero-order valence-corrected chi connectivity index (χ0v) is 10.1. The largest absolute Gasteiger partial charge is 0.481 e. The highest BCUT2D eigenvalue weighted by molar-refractivity contribution is 5.75. The summed E-state index contributed by atoms with van der Waals surface area (Å²) in [4.78, 5) is 21.4. The molecule has 0 radical (unpaired) electrons. The lowest BCUT2D eigenvalue weighted by Crippen LogP contribution is -2.23. The molecule has 0 heterocycles. The topological polar surface area (TPSA) is 66.4 Å². The standard InChI is InChI=1S/C12H23NO3/c1-2-3-8-11(14)13-10-7-5-4-6-9-12(15)16/h2-10H2,1H3,(H,13,14)(H,15,16). The van der Waals surface area contributed by atoms with E-state index in [0.29, 0.717) is 6.42 Å². The average molecular weight is 229 g/mol. The predicted molar refractivity (Wildman–Crippen MR) is 63.3 cm³/mol. The number of hydrogen-bond acceptors (Lipinski definition) is 2. The van der Waals surface area contributed by atoms with E-state index in [1.54, 1.807) is 0 Å². The molecule has 4 nitrogen and oxygen atoms in total. The highest BCUT2D eigenvalue weighted by atomic mass is 16.4. The number of carboxylic acids is 1. The molecule has 0 aliphatic heterocycles. The van der Waals surface area contributed by atoms with Crippen molar-refractivity contribution in [3.8, 4) is 0 Å². The van der Waals surface area contributed by atoms with E-state index in [4.69, 9.17) is 5.11 Å². The van der Waals surface area contributed by atoms with Crippen LogP contribution >= 0.6 is 0 Å². The molecule has 0 saturated carbocycles. The number of hydrogen-bond donors (Lipinski definition) is 2. The van der Waals surface area contributed by atoms with Gasteiger partial charge in [-0.25, -0.2) is 0 Å². The van der Waals surface area contributed by atoms with Crippen LogP contribution in [0.4, 0.5) is 0 Å². The van der Waals surface area contributed by atoms with Gasteiger partial charge in [0, 0.05) is 19.4 Å².